The lowest BCUT2D eigenvalue weighted by Gasteiger charge is -2.08. The third kappa shape index (κ3) is 4.61. The number of nitrogens with one attached hydrogen (secondary N) is 2. The van der Waals surface area contributed by atoms with Crippen molar-refractivity contribution in [1.29, 1.82) is 0 Å². The highest BCUT2D eigenvalue weighted by Crippen LogP contribution is 2.16. The van der Waals surface area contributed by atoms with Crippen molar-refractivity contribution in [3.8, 4) is 0 Å². The predicted octanol–water partition coefficient (Wildman–Crippen LogP) is 2.71. The molecule has 31 heavy (non-hydrogen) atoms. The van der Waals surface area contributed by atoms with Gasteiger partial charge in [0.1, 0.15) is 12.4 Å². The van der Waals surface area contributed by atoms with Gasteiger partial charge in [0.05, 0.1) is 0 Å². The van der Waals surface area contributed by atoms with Crippen LogP contribution in [0.3, 0.4) is 0 Å². The van der Waals surface area contributed by atoms with Crippen molar-refractivity contribution < 1.29 is 9.18 Å². The van der Waals surface area contributed by atoms with Crippen LogP contribution in [0.15, 0.2) is 59.4 Å². The zero-order chi connectivity index (χ0) is 22.0. The molecule has 4 aromatic rings. The van der Waals surface area contributed by atoms with E-state index in [0.29, 0.717) is 17.3 Å². The van der Waals surface area contributed by atoms with E-state index in [4.69, 9.17) is 0 Å². The molecule has 0 saturated carbocycles. The highest BCUT2D eigenvalue weighted by molar-refractivity contribution is 5.75. The van der Waals surface area contributed by atoms with Gasteiger partial charge < -0.3 is 10.6 Å². The lowest BCUT2D eigenvalue weighted by Crippen LogP contribution is -2.32. The molecule has 2 aromatic heterocycles. The van der Waals surface area contributed by atoms with Crippen molar-refractivity contribution in [1.82, 2.24) is 24.5 Å². The molecule has 158 valence electrons. The van der Waals surface area contributed by atoms with Gasteiger partial charge in [-0.1, -0.05) is 29.8 Å². The average Bonchev–Trinajstić information content (AvgIpc) is 3.04. The van der Waals surface area contributed by atoms with E-state index in [9.17, 15) is 14.0 Å². The molecular weight excluding hydrogens is 399 g/mol. The van der Waals surface area contributed by atoms with Crippen LogP contribution in [-0.4, -0.2) is 25.1 Å². The maximum atomic E-state index is 13.0. The molecule has 0 fully saturated rings. The van der Waals surface area contributed by atoms with Crippen LogP contribution in [0, 0.1) is 19.7 Å². The number of benzene rings is 2. The summed E-state index contributed by atoms with van der Waals surface area (Å²) in [5, 5.41) is 10.1. The van der Waals surface area contributed by atoms with Crippen molar-refractivity contribution >= 4 is 23.2 Å². The van der Waals surface area contributed by atoms with Crippen LogP contribution in [0.5, 0.6) is 0 Å². The van der Waals surface area contributed by atoms with Gasteiger partial charge in [0.15, 0.2) is 5.65 Å². The Hall–Kier alpha value is -4.01. The third-order valence-electron chi connectivity index (χ3n) is 4.70. The van der Waals surface area contributed by atoms with Crippen LogP contribution < -0.4 is 16.3 Å². The number of carbonyl (C=O) groups is 1. The average molecular weight is 420 g/mol. The Balaban J connectivity index is 1.55. The van der Waals surface area contributed by atoms with Crippen LogP contribution in [0.25, 0.3) is 5.65 Å². The molecule has 0 radical (unpaired) electrons. The summed E-state index contributed by atoms with van der Waals surface area (Å²) in [6.07, 6.45) is 0. The number of anilines is 2. The molecule has 0 unspecified atom stereocenters. The number of nitrogens with zero attached hydrogens (tertiary/aromatic N) is 4. The number of aryl methyl sites for hydroxylation is 2. The number of halogens is 1. The van der Waals surface area contributed by atoms with E-state index in [0.717, 1.165) is 21.5 Å². The Bertz CT molecular complexity index is 1290. The minimum Gasteiger partial charge on any atom is -0.350 e. The Labute approximate surface area is 177 Å². The maximum absolute atomic E-state index is 13.0. The van der Waals surface area contributed by atoms with Gasteiger partial charge in [-0.3, -0.25) is 4.79 Å². The number of fused-ring (bicyclic) bond motifs is 1. The van der Waals surface area contributed by atoms with E-state index in [-0.39, 0.29) is 24.8 Å². The molecule has 2 N–H and O–H groups in total. The van der Waals surface area contributed by atoms with Gasteiger partial charge in [-0.25, -0.2) is 23.3 Å². The second-order valence-corrected chi connectivity index (χ2v) is 7.25. The summed E-state index contributed by atoms with van der Waals surface area (Å²) < 4.78 is 15.4. The Morgan fingerprint density at radius 1 is 1.06 bits per heavy atom. The SMILES string of the molecule is Cc1ccc(Nc2nc(C)cc3nn(CC(=O)NCc4ccc(F)cc4)c(=O)n23)cc1. The fourth-order valence-corrected chi connectivity index (χ4v) is 3.10. The summed E-state index contributed by atoms with van der Waals surface area (Å²) in [4.78, 5) is 29.7. The van der Waals surface area contributed by atoms with Crippen molar-refractivity contribution in [2.45, 2.75) is 26.9 Å². The molecule has 8 nitrogen and oxygen atoms in total. The van der Waals surface area contributed by atoms with Crippen molar-refractivity contribution in [2.24, 2.45) is 0 Å². The zero-order valence-corrected chi connectivity index (χ0v) is 17.1. The maximum Gasteiger partial charge on any atom is 0.353 e. The largest absolute Gasteiger partial charge is 0.353 e. The first-order chi connectivity index (χ1) is 14.9. The van der Waals surface area contributed by atoms with Crippen LogP contribution in [0.4, 0.5) is 16.0 Å². The molecule has 9 heteroatoms. The zero-order valence-electron chi connectivity index (χ0n) is 17.1. The lowest BCUT2D eigenvalue weighted by atomic mass is 10.2. The monoisotopic (exact) mass is 420 g/mol. The molecular formula is C22H21FN6O2. The first kappa shape index (κ1) is 20.3. The fraction of sp³-hybridized carbons (Fsp3) is 0.182. The van der Waals surface area contributed by atoms with E-state index in [1.54, 1.807) is 25.1 Å². The summed E-state index contributed by atoms with van der Waals surface area (Å²) in [5.41, 5.74) is 3.24. The lowest BCUT2D eigenvalue weighted by molar-refractivity contribution is -0.122. The van der Waals surface area contributed by atoms with Crippen LogP contribution >= 0.6 is 0 Å². The van der Waals surface area contributed by atoms with Gasteiger partial charge in [-0.05, 0) is 43.7 Å². The normalized spacial score (nSPS) is 10.9. The number of carbonyl (C=O) groups excluding carboxylic acids is 1. The smallest absolute Gasteiger partial charge is 0.350 e. The standard InChI is InChI=1S/C22H21FN6O2/c1-14-3-9-18(10-4-14)26-21-25-15(2)11-19-27-28(22(31)29(19)21)13-20(30)24-12-16-5-7-17(23)8-6-16/h3-11H,12-13H2,1-2H3,(H,24,30)(H,25,26). The van der Waals surface area contributed by atoms with E-state index in [2.05, 4.69) is 20.7 Å². The summed E-state index contributed by atoms with van der Waals surface area (Å²) in [5.74, 6) is -0.403. The predicted molar refractivity (Wildman–Crippen MR) is 115 cm³/mol. The van der Waals surface area contributed by atoms with Crippen molar-refractivity contribution in [3.05, 3.63) is 87.7 Å². The topological polar surface area (TPSA) is 93.3 Å². The van der Waals surface area contributed by atoms with Gasteiger partial charge in [0, 0.05) is 24.0 Å². The number of hydrogen-bond acceptors (Lipinski definition) is 5. The Morgan fingerprint density at radius 3 is 2.48 bits per heavy atom. The third-order valence-corrected chi connectivity index (χ3v) is 4.70. The van der Waals surface area contributed by atoms with Gasteiger partial charge >= 0.3 is 5.69 Å². The van der Waals surface area contributed by atoms with E-state index in [1.807, 2.05) is 31.2 Å². The molecule has 0 saturated heterocycles. The van der Waals surface area contributed by atoms with Crippen molar-refractivity contribution in [3.63, 3.8) is 0 Å². The van der Waals surface area contributed by atoms with Gasteiger partial charge in [0.2, 0.25) is 11.9 Å². The van der Waals surface area contributed by atoms with Crippen molar-refractivity contribution in [2.75, 3.05) is 5.32 Å². The first-order valence-electron chi connectivity index (χ1n) is 9.71. The number of aromatic nitrogens is 4. The molecule has 1 amide bonds. The molecule has 0 atom stereocenters. The summed E-state index contributed by atoms with van der Waals surface area (Å²) >= 11 is 0. The molecule has 2 heterocycles. The van der Waals surface area contributed by atoms with Crippen LogP contribution in [-0.2, 0) is 17.9 Å². The summed E-state index contributed by atoms with van der Waals surface area (Å²) in [6.45, 7) is 3.77. The summed E-state index contributed by atoms with van der Waals surface area (Å²) in [7, 11) is 0. The molecule has 4 rings (SSSR count). The molecule has 2 aromatic carbocycles. The second-order valence-electron chi connectivity index (χ2n) is 7.25. The molecule has 0 aliphatic rings. The molecule has 0 spiro atoms. The van der Waals surface area contributed by atoms with Gasteiger partial charge in [0.25, 0.3) is 0 Å². The minimum atomic E-state index is -0.478. The quantitative estimate of drug-likeness (QED) is 0.500. The van der Waals surface area contributed by atoms with Gasteiger partial charge in [-0.15, -0.1) is 5.10 Å². The molecule has 0 bridgehead atoms. The number of amides is 1. The fourth-order valence-electron chi connectivity index (χ4n) is 3.10. The van der Waals surface area contributed by atoms with Crippen LogP contribution in [0.1, 0.15) is 16.8 Å². The van der Waals surface area contributed by atoms with Crippen LogP contribution in [0.2, 0.25) is 0 Å². The van der Waals surface area contributed by atoms with E-state index in [1.165, 1.54) is 16.5 Å². The highest BCUT2D eigenvalue weighted by atomic mass is 19.1. The molecule has 0 aliphatic heterocycles. The van der Waals surface area contributed by atoms with E-state index >= 15 is 0 Å². The Kier molecular flexibility index (Phi) is 5.48. The minimum absolute atomic E-state index is 0.224. The number of rotatable bonds is 6. The second kappa shape index (κ2) is 8.39. The summed E-state index contributed by atoms with van der Waals surface area (Å²) in [6, 6.07) is 15.2. The highest BCUT2D eigenvalue weighted by Gasteiger charge is 2.15. The van der Waals surface area contributed by atoms with E-state index < -0.39 is 5.69 Å². The molecule has 0 aliphatic carbocycles. The van der Waals surface area contributed by atoms with Gasteiger partial charge in [-0.2, -0.15) is 0 Å². The first-order valence-corrected chi connectivity index (χ1v) is 9.71. The Morgan fingerprint density at radius 2 is 1.77 bits per heavy atom. The number of hydrogen-bond donors (Lipinski definition) is 2.